The number of carbonyl (C=O) groups excluding carboxylic acids is 1. The van der Waals surface area contributed by atoms with Crippen LogP contribution in [0.15, 0.2) is 24.5 Å². The highest BCUT2D eigenvalue weighted by Gasteiger charge is 2.28. The summed E-state index contributed by atoms with van der Waals surface area (Å²) in [6.45, 7) is 0.135. The van der Waals surface area contributed by atoms with Crippen molar-refractivity contribution >= 4 is 11.9 Å². The Morgan fingerprint density at radius 2 is 2.15 bits per heavy atom. The van der Waals surface area contributed by atoms with Gasteiger partial charge in [-0.05, 0) is 18.2 Å². The Kier molecular flexibility index (Phi) is 2.50. The number of imidazole rings is 1. The van der Waals surface area contributed by atoms with Gasteiger partial charge in [0.05, 0.1) is 23.5 Å². The number of rotatable bonds is 1. The number of aromatic carboxylic acids is 1. The van der Waals surface area contributed by atoms with Crippen molar-refractivity contribution in [3.05, 3.63) is 41.5 Å². The van der Waals surface area contributed by atoms with Crippen molar-refractivity contribution in [2.24, 2.45) is 0 Å². The number of carboxylic acid groups (broad SMARTS) is 1. The topological polar surface area (TPSA) is 95.7 Å². The third-order valence-corrected chi connectivity index (χ3v) is 3.27. The predicted octanol–water partition coefficient (Wildman–Crippen LogP) is 0.862. The molecule has 2 heterocycles. The van der Waals surface area contributed by atoms with Crippen LogP contribution in [0.3, 0.4) is 0 Å². The molecule has 0 saturated heterocycles. The molecule has 102 valence electrons. The first-order valence-electron chi connectivity index (χ1n) is 5.87. The highest BCUT2D eigenvalue weighted by Crippen LogP contribution is 2.28. The number of hydrogen-bond donors (Lipinski definition) is 2. The maximum absolute atomic E-state index is 12.3. The van der Waals surface area contributed by atoms with E-state index in [9.17, 15) is 14.7 Å². The average molecular weight is 273 g/mol. The summed E-state index contributed by atoms with van der Waals surface area (Å²) >= 11 is 0. The molecule has 1 aliphatic rings. The van der Waals surface area contributed by atoms with Gasteiger partial charge in [0, 0.05) is 7.05 Å². The lowest BCUT2D eigenvalue weighted by molar-refractivity contribution is 0.0683. The molecule has 0 saturated carbocycles. The lowest BCUT2D eigenvalue weighted by atomic mass is 10.1. The lowest BCUT2D eigenvalue weighted by Gasteiger charge is -2.14. The molecule has 0 unspecified atom stereocenters. The van der Waals surface area contributed by atoms with E-state index in [0.29, 0.717) is 16.9 Å². The monoisotopic (exact) mass is 273 g/mol. The van der Waals surface area contributed by atoms with Crippen LogP contribution >= 0.6 is 0 Å². The quantitative estimate of drug-likeness (QED) is 0.803. The van der Waals surface area contributed by atoms with Gasteiger partial charge < -0.3 is 15.1 Å². The third kappa shape index (κ3) is 1.63. The Morgan fingerprint density at radius 3 is 2.85 bits per heavy atom. The van der Waals surface area contributed by atoms with E-state index in [-0.39, 0.29) is 23.9 Å². The summed E-state index contributed by atoms with van der Waals surface area (Å²) in [5.41, 5.74) is 1.16. The first-order chi connectivity index (χ1) is 9.49. The highest BCUT2D eigenvalue weighted by molar-refractivity contribution is 5.99. The first-order valence-corrected chi connectivity index (χ1v) is 5.87. The Bertz CT molecular complexity index is 735. The summed E-state index contributed by atoms with van der Waals surface area (Å²) < 4.78 is 1.57. The van der Waals surface area contributed by atoms with Crippen LogP contribution in [0.4, 0.5) is 0 Å². The molecule has 7 heteroatoms. The number of nitrogens with zero attached hydrogens (tertiary/aromatic N) is 3. The maximum atomic E-state index is 12.3. The molecular weight excluding hydrogens is 262 g/mol. The van der Waals surface area contributed by atoms with Crippen LogP contribution in [-0.2, 0) is 6.54 Å². The van der Waals surface area contributed by atoms with E-state index in [1.54, 1.807) is 17.7 Å². The molecule has 0 atom stereocenters. The second kappa shape index (κ2) is 4.09. The van der Waals surface area contributed by atoms with Crippen molar-refractivity contribution in [1.29, 1.82) is 0 Å². The van der Waals surface area contributed by atoms with Crippen molar-refractivity contribution in [3.8, 4) is 11.4 Å². The van der Waals surface area contributed by atoms with Gasteiger partial charge in [0.2, 0.25) is 0 Å². The smallest absolute Gasteiger partial charge is 0.356 e. The first kappa shape index (κ1) is 12.2. The van der Waals surface area contributed by atoms with Crippen LogP contribution in [-0.4, -0.2) is 43.6 Å². The molecule has 20 heavy (non-hydrogen) atoms. The fraction of sp³-hybridized carbons (Fsp3) is 0.154. The van der Waals surface area contributed by atoms with E-state index in [1.165, 1.54) is 23.4 Å². The average Bonchev–Trinajstić information content (AvgIpc) is 2.77. The van der Waals surface area contributed by atoms with Crippen molar-refractivity contribution in [3.63, 3.8) is 0 Å². The van der Waals surface area contributed by atoms with E-state index >= 15 is 0 Å². The van der Waals surface area contributed by atoms with Gasteiger partial charge in [-0.25, -0.2) is 9.78 Å². The van der Waals surface area contributed by atoms with Gasteiger partial charge in [-0.2, -0.15) is 0 Å². The van der Waals surface area contributed by atoms with Gasteiger partial charge in [0.15, 0.2) is 5.69 Å². The zero-order chi connectivity index (χ0) is 14.4. The normalized spacial score (nSPS) is 13.7. The largest absolute Gasteiger partial charge is 0.508 e. The molecule has 1 aliphatic heterocycles. The van der Waals surface area contributed by atoms with E-state index in [1.807, 2.05) is 0 Å². The second-order valence-corrected chi connectivity index (χ2v) is 4.58. The molecule has 0 fully saturated rings. The third-order valence-electron chi connectivity index (χ3n) is 3.27. The van der Waals surface area contributed by atoms with E-state index in [0.717, 1.165) is 0 Å². The Labute approximate surface area is 113 Å². The summed E-state index contributed by atoms with van der Waals surface area (Å²) in [7, 11) is 1.57. The minimum Gasteiger partial charge on any atom is -0.508 e. The number of aromatic hydroxyl groups is 1. The number of phenols is 1. The summed E-state index contributed by atoms with van der Waals surface area (Å²) in [4.78, 5) is 28.7. The van der Waals surface area contributed by atoms with E-state index in [4.69, 9.17) is 5.11 Å². The second-order valence-electron chi connectivity index (χ2n) is 4.58. The molecule has 0 spiro atoms. The van der Waals surface area contributed by atoms with Crippen LogP contribution in [0.25, 0.3) is 5.69 Å². The molecule has 0 radical (unpaired) electrons. The minimum absolute atomic E-state index is 0.0208. The van der Waals surface area contributed by atoms with Gasteiger partial charge in [-0.1, -0.05) is 0 Å². The number of phenolic OH excluding ortho intramolecular Hbond substituents is 1. The lowest BCUT2D eigenvalue weighted by Crippen LogP contribution is -2.25. The number of carbonyl (C=O) groups is 2. The molecule has 1 aromatic heterocycles. The summed E-state index contributed by atoms with van der Waals surface area (Å²) in [6.07, 6.45) is 1.38. The summed E-state index contributed by atoms with van der Waals surface area (Å²) in [6, 6.07) is 4.38. The fourth-order valence-corrected chi connectivity index (χ4v) is 2.32. The minimum atomic E-state index is -1.14. The molecule has 1 amide bonds. The number of hydrogen-bond acceptors (Lipinski definition) is 4. The number of fused-ring (bicyclic) bond motifs is 3. The molecule has 0 bridgehead atoms. The van der Waals surface area contributed by atoms with Crippen molar-refractivity contribution < 1.29 is 19.8 Å². The van der Waals surface area contributed by atoms with Crippen LogP contribution in [0.5, 0.6) is 5.75 Å². The van der Waals surface area contributed by atoms with E-state index in [2.05, 4.69) is 4.98 Å². The Hall–Kier alpha value is -2.83. The van der Waals surface area contributed by atoms with Crippen molar-refractivity contribution in [1.82, 2.24) is 14.5 Å². The number of benzene rings is 1. The van der Waals surface area contributed by atoms with Gasteiger partial charge >= 0.3 is 5.97 Å². The van der Waals surface area contributed by atoms with E-state index < -0.39 is 5.97 Å². The van der Waals surface area contributed by atoms with Crippen LogP contribution in [0.2, 0.25) is 0 Å². The van der Waals surface area contributed by atoms with Gasteiger partial charge in [-0.3, -0.25) is 9.36 Å². The molecule has 1 aromatic carbocycles. The zero-order valence-corrected chi connectivity index (χ0v) is 10.6. The molecule has 0 aliphatic carbocycles. The fourth-order valence-electron chi connectivity index (χ4n) is 2.32. The van der Waals surface area contributed by atoms with Crippen molar-refractivity contribution in [2.75, 3.05) is 7.05 Å². The van der Waals surface area contributed by atoms with Crippen LogP contribution in [0.1, 0.15) is 26.5 Å². The van der Waals surface area contributed by atoms with Gasteiger partial charge in [0.25, 0.3) is 5.91 Å². The summed E-state index contributed by atoms with van der Waals surface area (Å²) in [5.74, 6) is -1.44. The van der Waals surface area contributed by atoms with Gasteiger partial charge in [-0.15, -0.1) is 0 Å². The maximum Gasteiger partial charge on any atom is 0.356 e. The zero-order valence-electron chi connectivity index (χ0n) is 10.6. The molecule has 2 aromatic rings. The van der Waals surface area contributed by atoms with Crippen molar-refractivity contribution in [2.45, 2.75) is 6.54 Å². The number of amides is 1. The van der Waals surface area contributed by atoms with Gasteiger partial charge in [0.1, 0.15) is 12.1 Å². The number of carboxylic acids is 1. The molecule has 3 rings (SSSR count). The standard InChI is InChI=1S/C13H11N3O4/c1-15-5-10-11(13(19)20)14-6-16(10)9-3-2-7(17)4-8(9)12(15)18/h2-4,6,17H,5H2,1H3,(H,19,20). The Morgan fingerprint density at radius 1 is 1.40 bits per heavy atom. The predicted molar refractivity (Wildman–Crippen MR) is 68.0 cm³/mol. The molecule has 2 N–H and O–H groups in total. The number of aromatic nitrogens is 2. The SMILES string of the molecule is CN1Cc2c(C(=O)O)ncn2-c2ccc(O)cc2C1=O. The van der Waals surface area contributed by atoms with Crippen LogP contribution in [0, 0.1) is 0 Å². The van der Waals surface area contributed by atoms with Crippen LogP contribution < -0.4 is 0 Å². The Balaban J connectivity index is 2.31. The summed E-state index contributed by atoms with van der Waals surface area (Å²) in [5, 5.41) is 18.7. The molecule has 7 nitrogen and oxygen atoms in total. The highest BCUT2D eigenvalue weighted by atomic mass is 16.4. The molecular formula is C13H11N3O4.